The largest absolute Gasteiger partial charge is 0.331 e. The van der Waals surface area contributed by atoms with Crippen LogP contribution < -0.4 is 0 Å². The highest BCUT2D eigenvalue weighted by Gasteiger charge is 2.20. The highest BCUT2D eigenvalue weighted by molar-refractivity contribution is 6.22. The second-order valence-corrected chi connectivity index (χ2v) is 13.4. The normalized spacial score (nSPS) is 12.1. The average Bonchev–Trinajstić information content (AvgIpc) is 3.34. The van der Waals surface area contributed by atoms with Crippen molar-refractivity contribution >= 4 is 43.4 Å². The van der Waals surface area contributed by atoms with Crippen molar-refractivity contribution in [1.29, 1.82) is 0 Å². The van der Waals surface area contributed by atoms with Gasteiger partial charge in [-0.15, -0.1) is 0 Å². The summed E-state index contributed by atoms with van der Waals surface area (Å²) in [6, 6.07) is 47.3. The maximum atomic E-state index is 4.69. The van der Waals surface area contributed by atoms with Crippen LogP contribution in [-0.4, -0.2) is 9.55 Å². The molecule has 0 fully saturated rings. The molecular formula is C43H36N2. The number of rotatable bonds is 3. The summed E-state index contributed by atoms with van der Waals surface area (Å²) in [5.41, 5.74) is 11.1. The molecule has 0 saturated heterocycles. The van der Waals surface area contributed by atoms with Gasteiger partial charge in [0.05, 0.1) is 11.0 Å². The second kappa shape index (κ2) is 10.2. The number of hydrogen-bond donors (Lipinski definition) is 0. The first-order valence-electron chi connectivity index (χ1n) is 15.8. The molecule has 0 amide bonds. The smallest absolute Gasteiger partial charge is 0.106 e. The summed E-state index contributed by atoms with van der Waals surface area (Å²) in [5.74, 6) is 1.03. The quantitative estimate of drug-likeness (QED) is 0.190. The Bertz CT molecular complexity index is 2420. The highest BCUT2D eigenvalue weighted by atomic mass is 15.0. The standard InChI is InChI=1S/C43H36N2/c1-27-44-39-23-20-32(25-40(39)45(27)5)29-14-17-30(18-15-29)41-35-12-8-9-13-36(35)42(33-19-16-28-10-6-7-11-31(28)24-33)38-26-34(43(2,3)4)21-22-37(38)41/h6-26H,1-5H3. The zero-order valence-corrected chi connectivity index (χ0v) is 26.5. The first-order chi connectivity index (χ1) is 21.8. The van der Waals surface area contributed by atoms with Crippen molar-refractivity contribution in [2.45, 2.75) is 33.1 Å². The van der Waals surface area contributed by atoms with E-state index in [0.29, 0.717) is 0 Å². The third-order valence-electron chi connectivity index (χ3n) is 9.54. The van der Waals surface area contributed by atoms with E-state index in [1.807, 2.05) is 0 Å². The number of nitrogens with zero attached hydrogens (tertiary/aromatic N) is 2. The lowest BCUT2D eigenvalue weighted by molar-refractivity contribution is 0.591. The van der Waals surface area contributed by atoms with Crippen LogP contribution in [0.1, 0.15) is 32.2 Å². The topological polar surface area (TPSA) is 17.8 Å². The summed E-state index contributed by atoms with van der Waals surface area (Å²) in [6.45, 7) is 8.96. The van der Waals surface area contributed by atoms with Gasteiger partial charge >= 0.3 is 0 Å². The van der Waals surface area contributed by atoms with Crippen molar-refractivity contribution in [2.24, 2.45) is 7.05 Å². The van der Waals surface area contributed by atoms with E-state index in [4.69, 9.17) is 0 Å². The van der Waals surface area contributed by atoms with Gasteiger partial charge < -0.3 is 4.57 Å². The van der Waals surface area contributed by atoms with Gasteiger partial charge in [-0.1, -0.05) is 124 Å². The minimum Gasteiger partial charge on any atom is -0.331 e. The molecule has 0 saturated carbocycles. The van der Waals surface area contributed by atoms with Crippen molar-refractivity contribution in [3.63, 3.8) is 0 Å². The Morgan fingerprint density at radius 2 is 1.11 bits per heavy atom. The molecule has 2 heteroatoms. The maximum absolute atomic E-state index is 4.69. The monoisotopic (exact) mass is 580 g/mol. The molecule has 8 rings (SSSR count). The minimum absolute atomic E-state index is 0.0375. The van der Waals surface area contributed by atoms with E-state index in [2.05, 4.69) is 172 Å². The summed E-state index contributed by atoms with van der Waals surface area (Å²) < 4.78 is 2.16. The fourth-order valence-corrected chi connectivity index (χ4v) is 6.93. The third-order valence-corrected chi connectivity index (χ3v) is 9.54. The Balaban J connectivity index is 1.37. The maximum Gasteiger partial charge on any atom is 0.106 e. The summed E-state index contributed by atoms with van der Waals surface area (Å²) in [6.07, 6.45) is 0. The Morgan fingerprint density at radius 3 is 1.84 bits per heavy atom. The van der Waals surface area contributed by atoms with Gasteiger partial charge in [0.15, 0.2) is 0 Å². The number of aromatic nitrogens is 2. The number of aryl methyl sites for hydroxylation is 2. The average molecular weight is 581 g/mol. The molecule has 1 heterocycles. The Hall–Kier alpha value is -5.21. The van der Waals surface area contributed by atoms with Gasteiger partial charge in [-0.25, -0.2) is 4.98 Å². The molecule has 2 nitrogen and oxygen atoms in total. The predicted octanol–water partition coefficient (Wildman–Crippen LogP) is 11.6. The van der Waals surface area contributed by atoms with Crippen LogP contribution >= 0.6 is 0 Å². The molecule has 1 aromatic heterocycles. The van der Waals surface area contributed by atoms with Crippen LogP contribution in [0.25, 0.3) is 76.7 Å². The Kier molecular flexibility index (Phi) is 6.18. The van der Waals surface area contributed by atoms with E-state index in [1.54, 1.807) is 0 Å². The molecular weight excluding hydrogens is 544 g/mol. The van der Waals surface area contributed by atoms with Gasteiger partial charge in [-0.3, -0.25) is 0 Å². The van der Waals surface area contributed by atoms with Gasteiger partial charge in [0, 0.05) is 7.05 Å². The zero-order chi connectivity index (χ0) is 30.9. The van der Waals surface area contributed by atoms with Crippen LogP contribution in [0.3, 0.4) is 0 Å². The molecule has 218 valence electrons. The lowest BCUT2D eigenvalue weighted by Crippen LogP contribution is -2.10. The van der Waals surface area contributed by atoms with E-state index >= 15 is 0 Å². The minimum atomic E-state index is 0.0375. The van der Waals surface area contributed by atoms with Gasteiger partial charge in [-0.05, 0) is 108 Å². The Morgan fingerprint density at radius 1 is 0.511 bits per heavy atom. The fraction of sp³-hybridized carbons (Fsp3) is 0.140. The third kappa shape index (κ3) is 4.52. The molecule has 0 spiro atoms. The van der Waals surface area contributed by atoms with Crippen molar-refractivity contribution in [2.75, 3.05) is 0 Å². The van der Waals surface area contributed by atoms with Gasteiger partial charge in [0.1, 0.15) is 5.82 Å². The zero-order valence-electron chi connectivity index (χ0n) is 26.5. The Labute approximate surface area is 264 Å². The molecule has 7 aromatic carbocycles. The molecule has 8 aromatic rings. The van der Waals surface area contributed by atoms with E-state index in [0.717, 1.165) is 16.9 Å². The lowest BCUT2D eigenvalue weighted by atomic mass is 9.81. The summed E-state index contributed by atoms with van der Waals surface area (Å²) in [7, 11) is 2.08. The van der Waals surface area contributed by atoms with Gasteiger partial charge in [0.25, 0.3) is 0 Å². The predicted molar refractivity (Wildman–Crippen MR) is 193 cm³/mol. The molecule has 45 heavy (non-hydrogen) atoms. The van der Waals surface area contributed by atoms with Crippen LogP contribution in [-0.2, 0) is 12.5 Å². The fourth-order valence-electron chi connectivity index (χ4n) is 6.93. The van der Waals surface area contributed by atoms with Crippen molar-refractivity contribution in [1.82, 2.24) is 9.55 Å². The van der Waals surface area contributed by atoms with Crippen LogP contribution in [0, 0.1) is 6.92 Å². The summed E-state index contributed by atoms with van der Waals surface area (Å²) >= 11 is 0. The first kappa shape index (κ1) is 27.3. The van der Waals surface area contributed by atoms with E-state index in [-0.39, 0.29) is 5.41 Å². The molecule has 0 unspecified atom stereocenters. The van der Waals surface area contributed by atoms with Crippen molar-refractivity contribution < 1.29 is 0 Å². The SMILES string of the molecule is Cc1nc2ccc(-c3ccc(-c4c5ccccc5c(-c5ccc6ccccc6c5)c5cc(C(C)(C)C)ccc45)cc3)cc2n1C. The molecule has 0 radical (unpaired) electrons. The number of fused-ring (bicyclic) bond motifs is 4. The second-order valence-electron chi connectivity index (χ2n) is 13.4. The van der Waals surface area contributed by atoms with Crippen LogP contribution in [0.4, 0.5) is 0 Å². The molecule has 0 N–H and O–H groups in total. The lowest BCUT2D eigenvalue weighted by Gasteiger charge is -2.23. The summed E-state index contributed by atoms with van der Waals surface area (Å²) in [5, 5.41) is 7.66. The number of imidazole rings is 1. The number of hydrogen-bond acceptors (Lipinski definition) is 1. The first-order valence-corrected chi connectivity index (χ1v) is 15.8. The molecule has 0 aliphatic rings. The number of benzene rings is 7. The van der Waals surface area contributed by atoms with Crippen molar-refractivity contribution in [3.8, 4) is 33.4 Å². The van der Waals surface area contributed by atoms with Crippen molar-refractivity contribution in [3.05, 3.63) is 139 Å². The molecule has 0 atom stereocenters. The van der Waals surface area contributed by atoms with E-state index in [1.165, 1.54) is 71.3 Å². The highest BCUT2D eigenvalue weighted by Crippen LogP contribution is 2.45. The van der Waals surface area contributed by atoms with Crippen LogP contribution in [0.15, 0.2) is 127 Å². The van der Waals surface area contributed by atoms with Gasteiger partial charge in [0.2, 0.25) is 0 Å². The van der Waals surface area contributed by atoms with Gasteiger partial charge in [-0.2, -0.15) is 0 Å². The molecule has 0 aliphatic carbocycles. The molecule has 0 bridgehead atoms. The molecule has 0 aliphatic heterocycles. The van der Waals surface area contributed by atoms with E-state index < -0.39 is 0 Å². The summed E-state index contributed by atoms with van der Waals surface area (Å²) in [4.78, 5) is 4.69. The van der Waals surface area contributed by atoms with E-state index in [9.17, 15) is 0 Å². The van der Waals surface area contributed by atoms with Crippen LogP contribution in [0.5, 0.6) is 0 Å². The van der Waals surface area contributed by atoms with Crippen LogP contribution in [0.2, 0.25) is 0 Å².